The summed E-state index contributed by atoms with van der Waals surface area (Å²) in [6.07, 6.45) is 11.7. The minimum Gasteiger partial charge on any atom is -0.496 e. The maximum Gasteiger partial charge on any atom is 0.236 e. The molecular weight excluding hydrogens is 376 g/mol. The highest BCUT2D eigenvalue weighted by Gasteiger charge is 2.19. The van der Waals surface area contributed by atoms with Gasteiger partial charge in [0, 0.05) is 24.2 Å². The van der Waals surface area contributed by atoms with Gasteiger partial charge in [-0.15, -0.1) is 6.58 Å². The molecule has 0 bridgehead atoms. The molecule has 1 saturated heterocycles. The van der Waals surface area contributed by atoms with Gasteiger partial charge >= 0.3 is 0 Å². The predicted octanol–water partition coefficient (Wildman–Crippen LogP) is 5.88. The van der Waals surface area contributed by atoms with Gasteiger partial charge in [0.2, 0.25) is 5.78 Å². The number of carbonyl (C=O) groups excluding carboxylic acids is 1. The van der Waals surface area contributed by atoms with Crippen LogP contribution in [-0.4, -0.2) is 31.9 Å². The molecular formula is C26H36O4. The monoisotopic (exact) mass is 412 g/mol. The number of rotatable bonds is 12. The molecule has 4 heteroatoms. The normalized spacial score (nSPS) is 16.9. The van der Waals surface area contributed by atoms with Gasteiger partial charge in [-0.05, 0) is 56.6 Å². The Hall–Kier alpha value is -2.09. The number of ether oxygens (including phenoxy) is 3. The standard InChI is InChI=1S/C26H36O4/c1-4-6-7-14-21(30-26-19-10-11-20-29-26)15-8-9-17-24(27)22-16-12-18-25(28-3)23(22)13-5-2/h5,12,16,18,21,26H,2,4,6-8,10-11,13-15,19-20H2,1,3H3. The van der Waals surface area contributed by atoms with E-state index in [1.165, 1.54) is 12.8 Å². The smallest absolute Gasteiger partial charge is 0.236 e. The molecule has 0 N–H and O–H groups in total. The maximum atomic E-state index is 12.7. The summed E-state index contributed by atoms with van der Waals surface area (Å²) < 4.78 is 17.3. The van der Waals surface area contributed by atoms with Crippen LogP contribution in [0.2, 0.25) is 0 Å². The number of Topliss-reactive ketones (excluding diaryl/α,β-unsaturated/α-hetero) is 1. The summed E-state index contributed by atoms with van der Waals surface area (Å²) in [7, 11) is 1.61. The summed E-state index contributed by atoms with van der Waals surface area (Å²) in [5.74, 6) is 6.39. The second-order valence-electron chi connectivity index (χ2n) is 7.70. The van der Waals surface area contributed by atoms with Crippen LogP contribution in [0.4, 0.5) is 0 Å². The van der Waals surface area contributed by atoms with Crippen LogP contribution in [0.5, 0.6) is 5.75 Å². The van der Waals surface area contributed by atoms with E-state index in [9.17, 15) is 4.79 Å². The van der Waals surface area contributed by atoms with E-state index < -0.39 is 0 Å². The van der Waals surface area contributed by atoms with E-state index in [-0.39, 0.29) is 18.2 Å². The topological polar surface area (TPSA) is 44.8 Å². The Balaban J connectivity index is 1.95. The third-order valence-corrected chi connectivity index (χ3v) is 5.35. The van der Waals surface area contributed by atoms with Crippen molar-refractivity contribution in [1.82, 2.24) is 0 Å². The molecule has 0 amide bonds. The molecule has 0 spiro atoms. The Morgan fingerprint density at radius 3 is 2.90 bits per heavy atom. The van der Waals surface area contributed by atoms with Gasteiger partial charge in [0.25, 0.3) is 0 Å². The zero-order valence-electron chi connectivity index (χ0n) is 18.6. The second-order valence-corrected chi connectivity index (χ2v) is 7.70. The van der Waals surface area contributed by atoms with Crippen LogP contribution in [0, 0.1) is 11.8 Å². The van der Waals surface area contributed by atoms with Gasteiger partial charge < -0.3 is 14.2 Å². The van der Waals surface area contributed by atoms with Crippen LogP contribution in [0.3, 0.4) is 0 Å². The molecule has 1 aliphatic heterocycles. The van der Waals surface area contributed by atoms with Gasteiger partial charge in [-0.1, -0.05) is 44.2 Å². The first kappa shape index (κ1) is 24.2. The molecule has 0 saturated carbocycles. The summed E-state index contributed by atoms with van der Waals surface area (Å²) in [5, 5.41) is 0. The molecule has 1 fully saturated rings. The highest BCUT2D eigenvalue weighted by Crippen LogP contribution is 2.24. The van der Waals surface area contributed by atoms with E-state index in [1.54, 1.807) is 19.3 Å². The predicted molar refractivity (Wildman–Crippen MR) is 121 cm³/mol. The summed E-state index contributed by atoms with van der Waals surface area (Å²) in [6, 6.07) is 5.48. The van der Waals surface area contributed by atoms with Crippen molar-refractivity contribution in [2.45, 2.75) is 83.5 Å². The van der Waals surface area contributed by atoms with Gasteiger partial charge in [0.1, 0.15) is 5.75 Å². The highest BCUT2D eigenvalue weighted by molar-refractivity contribution is 6.10. The van der Waals surface area contributed by atoms with Crippen molar-refractivity contribution < 1.29 is 19.0 Å². The number of benzene rings is 1. The molecule has 1 aliphatic rings. The largest absolute Gasteiger partial charge is 0.496 e. The van der Waals surface area contributed by atoms with E-state index in [1.807, 2.05) is 12.1 Å². The average Bonchev–Trinajstić information content (AvgIpc) is 2.77. The van der Waals surface area contributed by atoms with Crippen LogP contribution in [-0.2, 0) is 15.9 Å². The minimum atomic E-state index is -0.176. The molecule has 2 atom stereocenters. The number of ketones is 1. The fourth-order valence-corrected chi connectivity index (χ4v) is 3.70. The minimum absolute atomic E-state index is 0.0850. The molecule has 1 heterocycles. The molecule has 0 aromatic heterocycles. The number of unbranched alkanes of at least 4 members (excludes halogenated alkanes) is 2. The average molecular weight is 413 g/mol. The summed E-state index contributed by atoms with van der Waals surface area (Å²) in [6.45, 7) is 6.77. The lowest BCUT2D eigenvalue weighted by atomic mass is 9.99. The lowest BCUT2D eigenvalue weighted by Gasteiger charge is -2.27. The molecule has 164 valence electrons. The number of methoxy groups -OCH3 is 1. The number of allylic oxidation sites excluding steroid dienone is 1. The third-order valence-electron chi connectivity index (χ3n) is 5.35. The van der Waals surface area contributed by atoms with Crippen LogP contribution < -0.4 is 4.74 Å². The van der Waals surface area contributed by atoms with E-state index in [0.717, 1.165) is 50.7 Å². The van der Waals surface area contributed by atoms with Crippen molar-refractivity contribution in [2.75, 3.05) is 13.7 Å². The fourth-order valence-electron chi connectivity index (χ4n) is 3.70. The fraction of sp³-hybridized carbons (Fsp3) is 0.577. The van der Waals surface area contributed by atoms with Crippen molar-refractivity contribution >= 4 is 5.78 Å². The molecule has 2 unspecified atom stereocenters. The van der Waals surface area contributed by atoms with Gasteiger partial charge in [-0.2, -0.15) is 0 Å². The van der Waals surface area contributed by atoms with Crippen molar-refractivity contribution in [2.24, 2.45) is 0 Å². The highest BCUT2D eigenvalue weighted by atomic mass is 16.7. The quantitative estimate of drug-likeness (QED) is 0.141. The summed E-state index contributed by atoms with van der Waals surface area (Å²) in [5.41, 5.74) is 1.43. The molecule has 0 aliphatic carbocycles. The Bertz CT molecular complexity index is 722. The Labute approximate surface area is 182 Å². The molecule has 1 aromatic carbocycles. The zero-order valence-corrected chi connectivity index (χ0v) is 18.6. The van der Waals surface area contributed by atoms with Gasteiger partial charge in [-0.3, -0.25) is 4.79 Å². The van der Waals surface area contributed by atoms with Gasteiger partial charge in [0.05, 0.1) is 13.2 Å². The lowest BCUT2D eigenvalue weighted by Crippen LogP contribution is -2.28. The molecule has 4 nitrogen and oxygen atoms in total. The second kappa shape index (κ2) is 14.0. The first-order valence-electron chi connectivity index (χ1n) is 11.3. The Morgan fingerprint density at radius 1 is 1.33 bits per heavy atom. The van der Waals surface area contributed by atoms with E-state index in [0.29, 0.717) is 24.2 Å². The number of hydrogen-bond donors (Lipinski definition) is 0. The van der Waals surface area contributed by atoms with Crippen LogP contribution in [0.15, 0.2) is 30.9 Å². The number of carbonyl (C=O) groups is 1. The van der Waals surface area contributed by atoms with Crippen LogP contribution in [0.25, 0.3) is 0 Å². The summed E-state index contributed by atoms with van der Waals surface area (Å²) >= 11 is 0. The van der Waals surface area contributed by atoms with Crippen molar-refractivity contribution in [3.8, 4) is 17.6 Å². The third kappa shape index (κ3) is 7.97. The molecule has 30 heavy (non-hydrogen) atoms. The first-order chi connectivity index (χ1) is 14.7. The van der Waals surface area contributed by atoms with Gasteiger partial charge in [0.15, 0.2) is 6.29 Å². The zero-order chi connectivity index (χ0) is 21.6. The molecule has 1 aromatic rings. The summed E-state index contributed by atoms with van der Waals surface area (Å²) in [4.78, 5) is 12.7. The van der Waals surface area contributed by atoms with Crippen molar-refractivity contribution in [1.29, 1.82) is 0 Å². The maximum absolute atomic E-state index is 12.7. The Morgan fingerprint density at radius 2 is 2.20 bits per heavy atom. The molecule has 2 rings (SSSR count). The van der Waals surface area contributed by atoms with Crippen molar-refractivity contribution in [3.63, 3.8) is 0 Å². The van der Waals surface area contributed by atoms with Crippen LogP contribution >= 0.6 is 0 Å². The van der Waals surface area contributed by atoms with E-state index in [4.69, 9.17) is 14.2 Å². The van der Waals surface area contributed by atoms with E-state index in [2.05, 4.69) is 25.3 Å². The van der Waals surface area contributed by atoms with Crippen molar-refractivity contribution in [3.05, 3.63) is 42.0 Å². The SMILES string of the molecule is C=CCc1c(OC)cccc1C(=O)C#CCCC(CCCCC)OC1CCCCO1. The number of hydrogen-bond acceptors (Lipinski definition) is 4. The van der Waals surface area contributed by atoms with E-state index >= 15 is 0 Å². The van der Waals surface area contributed by atoms with Gasteiger partial charge in [-0.25, -0.2) is 0 Å². The first-order valence-corrected chi connectivity index (χ1v) is 11.3. The molecule has 0 radical (unpaired) electrons. The lowest BCUT2D eigenvalue weighted by molar-refractivity contribution is -0.190. The van der Waals surface area contributed by atoms with Crippen LogP contribution in [0.1, 0.15) is 80.6 Å². The Kier molecular flexibility index (Phi) is 11.3.